The van der Waals surface area contributed by atoms with Crippen molar-refractivity contribution in [1.29, 1.82) is 0 Å². The van der Waals surface area contributed by atoms with E-state index in [-0.39, 0.29) is 5.54 Å². The van der Waals surface area contributed by atoms with Gasteiger partial charge in [-0.3, -0.25) is 5.01 Å². The molecule has 96 valence electrons. The van der Waals surface area contributed by atoms with Crippen LogP contribution >= 0.6 is 0 Å². The molecule has 0 saturated heterocycles. The summed E-state index contributed by atoms with van der Waals surface area (Å²) in [5, 5.41) is 12.0. The molecular weight excluding hydrogens is 218 g/mol. The molecule has 0 unspecified atom stereocenters. The second kappa shape index (κ2) is 5.65. The van der Waals surface area contributed by atoms with Gasteiger partial charge in [-0.25, -0.2) is 0 Å². The van der Waals surface area contributed by atoms with Gasteiger partial charge in [-0.05, 0) is 20.8 Å². The zero-order chi connectivity index (χ0) is 12.9. The molecule has 1 rings (SSSR count). The first-order valence-electron chi connectivity index (χ1n) is 5.44. The van der Waals surface area contributed by atoms with Gasteiger partial charge >= 0.3 is 0 Å². The average Bonchev–Trinajstić information content (AvgIpc) is 2.66. The highest BCUT2D eigenvalue weighted by atomic mass is 15.7. The van der Waals surface area contributed by atoms with Crippen molar-refractivity contribution in [1.82, 2.24) is 21.3 Å². The number of nitrogens with zero attached hydrogens (tertiary/aromatic N) is 3. The molecular formula is C10H21N7. The van der Waals surface area contributed by atoms with Gasteiger partial charge in [0.1, 0.15) is 0 Å². The first-order chi connectivity index (χ1) is 7.93. The molecule has 7 nitrogen and oxygen atoms in total. The predicted molar refractivity (Wildman–Crippen MR) is 67.0 cm³/mol. The Hall–Kier alpha value is -1.60. The van der Waals surface area contributed by atoms with Gasteiger partial charge in [0.2, 0.25) is 0 Å². The second-order valence-corrected chi connectivity index (χ2v) is 4.82. The van der Waals surface area contributed by atoms with Crippen LogP contribution in [0.3, 0.4) is 0 Å². The summed E-state index contributed by atoms with van der Waals surface area (Å²) < 4.78 is 0. The van der Waals surface area contributed by atoms with Crippen LogP contribution < -0.4 is 22.1 Å². The summed E-state index contributed by atoms with van der Waals surface area (Å²) in [4.78, 5) is 0. The lowest BCUT2D eigenvalue weighted by Gasteiger charge is -2.30. The summed E-state index contributed by atoms with van der Waals surface area (Å²) in [5.41, 5.74) is 7.85. The number of hydrogen-bond acceptors (Lipinski definition) is 6. The molecule has 1 aliphatic rings. The van der Waals surface area contributed by atoms with E-state index in [1.165, 1.54) is 0 Å². The van der Waals surface area contributed by atoms with Crippen LogP contribution in [-0.4, -0.2) is 23.6 Å². The molecule has 0 spiro atoms. The molecule has 5 N–H and O–H groups in total. The van der Waals surface area contributed by atoms with Crippen molar-refractivity contribution in [3.05, 3.63) is 24.2 Å². The summed E-state index contributed by atoms with van der Waals surface area (Å²) in [7, 11) is 0. The number of hydrazine groups is 2. The van der Waals surface area contributed by atoms with Crippen molar-refractivity contribution in [2.75, 3.05) is 13.1 Å². The molecule has 0 amide bonds. The molecule has 0 aromatic rings. The maximum Gasteiger partial charge on any atom is 0.0714 e. The predicted octanol–water partition coefficient (Wildman–Crippen LogP) is 0.380. The normalized spacial score (nSPS) is 16.2. The fraction of sp³-hybridized carbons (Fsp3) is 0.600. The third-order valence-corrected chi connectivity index (χ3v) is 2.19. The van der Waals surface area contributed by atoms with Crippen molar-refractivity contribution in [2.45, 2.75) is 26.3 Å². The number of nitrogens with two attached hydrogens (primary N) is 1. The molecule has 0 atom stereocenters. The monoisotopic (exact) mass is 239 g/mol. The third-order valence-electron chi connectivity index (χ3n) is 2.19. The second-order valence-electron chi connectivity index (χ2n) is 4.82. The Morgan fingerprint density at radius 3 is 2.82 bits per heavy atom. The van der Waals surface area contributed by atoms with Gasteiger partial charge in [0.05, 0.1) is 11.4 Å². The lowest BCUT2D eigenvalue weighted by Crippen LogP contribution is -2.47. The van der Waals surface area contributed by atoms with Crippen LogP contribution in [-0.2, 0) is 0 Å². The molecule has 7 heteroatoms. The van der Waals surface area contributed by atoms with E-state index in [4.69, 9.17) is 5.84 Å². The van der Waals surface area contributed by atoms with Gasteiger partial charge in [-0.1, -0.05) is 11.8 Å². The highest BCUT2D eigenvalue weighted by molar-refractivity contribution is 5.07. The van der Waals surface area contributed by atoms with E-state index in [0.29, 0.717) is 18.8 Å². The molecule has 0 radical (unpaired) electrons. The highest BCUT2D eigenvalue weighted by Gasteiger charge is 2.22. The van der Waals surface area contributed by atoms with Crippen molar-refractivity contribution in [2.24, 2.45) is 16.2 Å². The van der Waals surface area contributed by atoms with Crippen LogP contribution in [0.1, 0.15) is 20.8 Å². The number of hydrogen-bond donors (Lipinski definition) is 4. The van der Waals surface area contributed by atoms with E-state index in [1.807, 2.05) is 11.2 Å². The van der Waals surface area contributed by atoms with Gasteiger partial charge in [0.15, 0.2) is 0 Å². The van der Waals surface area contributed by atoms with E-state index in [2.05, 4.69) is 54.0 Å². The summed E-state index contributed by atoms with van der Waals surface area (Å²) in [6.45, 7) is 11.3. The molecule has 0 aromatic carbocycles. The van der Waals surface area contributed by atoms with Crippen LogP contribution in [0.5, 0.6) is 0 Å². The van der Waals surface area contributed by atoms with Crippen LogP contribution in [0.4, 0.5) is 0 Å². The Labute approximate surface area is 102 Å². The van der Waals surface area contributed by atoms with Crippen molar-refractivity contribution in [3.63, 3.8) is 0 Å². The van der Waals surface area contributed by atoms with Crippen molar-refractivity contribution in [3.8, 4) is 0 Å². The molecule has 0 bridgehead atoms. The third kappa shape index (κ3) is 4.41. The largest absolute Gasteiger partial charge is 0.305 e. The quantitative estimate of drug-likeness (QED) is 0.316. The standard InChI is InChI=1S/C10H21N7/c1-8(13-15-11)5-12-6-9-7-17(16-14-9)10(2,3)4/h7,12,14,16H,1,5-6H2,2-4H3,(H2,11,13). The Morgan fingerprint density at radius 1 is 1.59 bits per heavy atom. The lowest BCUT2D eigenvalue weighted by molar-refractivity contribution is 0.138. The van der Waals surface area contributed by atoms with E-state index in [9.17, 15) is 0 Å². The number of nitrogens with one attached hydrogen (secondary N) is 3. The highest BCUT2D eigenvalue weighted by Crippen LogP contribution is 2.14. The number of rotatable bonds is 5. The van der Waals surface area contributed by atoms with Crippen molar-refractivity contribution < 1.29 is 0 Å². The molecule has 0 fully saturated rings. The summed E-state index contributed by atoms with van der Waals surface area (Å²) in [6, 6.07) is 0. The minimum Gasteiger partial charge on any atom is -0.305 e. The molecule has 17 heavy (non-hydrogen) atoms. The van der Waals surface area contributed by atoms with E-state index >= 15 is 0 Å². The van der Waals surface area contributed by atoms with E-state index < -0.39 is 0 Å². The van der Waals surface area contributed by atoms with E-state index in [0.717, 1.165) is 5.70 Å². The zero-order valence-corrected chi connectivity index (χ0v) is 10.6. The molecule has 1 heterocycles. The summed E-state index contributed by atoms with van der Waals surface area (Å²) in [6.07, 6.45) is 2.03. The Balaban J connectivity index is 2.32. The average molecular weight is 239 g/mol. The smallest absolute Gasteiger partial charge is 0.0714 e. The van der Waals surface area contributed by atoms with Gasteiger partial charge in [-0.2, -0.15) is 0 Å². The Kier molecular flexibility index (Phi) is 4.47. The Morgan fingerprint density at radius 2 is 2.29 bits per heavy atom. The first kappa shape index (κ1) is 13.5. The minimum absolute atomic E-state index is 0.0338. The van der Waals surface area contributed by atoms with Gasteiger partial charge < -0.3 is 16.6 Å². The van der Waals surface area contributed by atoms with Crippen molar-refractivity contribution >= 4 is 0 Å². The van der Waals surface area contributed by atoms with Crippen LogP contribution in [0.25, 0.3) is 0 Å². The van der Waals surface area contributed by atoms with Gasteiger partial charge in [0, 0.05) is 24.8 Å². The van der Waals surface area contributed by atoms with Gasteiger partial charge in [0.25, 0.3) is 0 Å². The maximum absolute atomic E-state index is 4.92. The lowest BCUT2D eigenvalue weighted by atomic mass is 10.1. The molecule has 0 saturated carbocycles. The van der Waals surface area contributed by atoms with E-state index in [1.54, 1.807) is 0 Å². The zero-order valence-electron chi connectivity index (χ0n) is 10.6. The SMILES string of the molecule is C=C(CNCC1=CN(C(C)(C)C)NN1)N=NN. The summed E-state index contributed by atoms with van der Waals surface area (Å²) >= 11 is 0. The van der Waals surface area contributed by atoms with Crippen LogP contribution in [0, 0.1) is 0 Å². The minimum atomic E-state index is 0.0338. The fourth-order valence-corrected chi connectivity index (χ4v) is 1.26. The maximum atomic E-state index is 4.92. The summed E-state index contributed by atoms with van der Waals surface area (Å²) in [5.74, 6) is 4.92. The molecule has 1 aliphatic heterocycles. The van der Waals surface area contributed by atoms with Gasteiger partial charge in [-0.15, -0.1) is 10.6 Å². The topological polar surface area (TPSA) is 90.1 Å². The van der Waals surface area contributed by atoms with Crippen LogP contribution in [0.15, 0.2) is 34.5 Å². The first-order valence-corrected chi connectivity index (χ1v) is 5.44. The van der Waals surface area contributed by atoms with Crippen LogP contribution in [0.2, 0.25) is 0 Å². The Bertz CT molecular complexity index is 326. The molecule has 0 aliphatic carbocycles. The fourth-order valence-electron chi connectivity index (χ4n) is 1.26. The molecule has 0 aromatic heterocycles.